The van der Waals surface area contributed by atoms with Crippen molar-refractivity contribution in [3.05, 3.63) is 54.0 Å². The zero-order chi connectivity index (χ0) is 21.3. The lowest BCUT2D eigenvalue weighted by molar-refractivity contribution is -0.113. The Hall–Kier alpha value is -3.67. The van der Waals surface area contributed by atoms with Crippen LogP contribution < -0.4 is 16.0 Å². The highest BCUT2D eigenvalue weighted by Crippen LogP contribution is 2.14. The molecular weight excluding hydrogens is 410 g/mol. The second kappa shape index (κ2) is 10.2. The van der Waals surface area contributed by atoms with Crippen molar-refractivity contribution < 1.29 is 18.8 Å². The highest BCUT2D eigenvalue weighted by molar-refractivity contribution is 7.99. The number of nitrogens with zero attached hydrogens (tertiary/aromatic N) is 4. The molecule has 0 spiro atoms. The van der Waals surface area contributed by atoms with Gasteiger partial charge in [-0.15, -0.1) is 5.10 Å². The Labute approximate surface area is 175 Å². The van der Waals surface area contributed by atoms with Crippen molar-refractivity contribution >= 4 is 35.2 Å². The van der Waals surface area contributed by atoms with Gasteiger partial charge in [0.15, 0.2) is 5.76 Å². The maximum absolute atomic E-state index is 12.2. The summed E-state index contributed by atoms with van der Waals surface area (Å²) in [6.45, 7) is 0.524. The van der Waals surface area contributed by atoms with E-state index in [2.05, 4.69) is 31.5 Å². The number of benzene rings is 1. The molecule has 30 heavy (non-hydrogen) atoms. The molecule has 2 aromatic heterocycles. The highest BCUT2D eigenvalue weighted by atomic mass is 32.2. The van der Waals surface area contributed by atoms with Crippen molar-refractivity contribution in [3.63, 3.8) is 0 Å². The molecule has 2 heterocycles. The average molecular weight is 429 g/mol. The largest absolute Gasteiger partial charge is 0.459 e. The van der Waals surface area contributed by atoms with Crippen molar-refractivity contribution in [3.8, 4) is 0 Å². The SMILES string of the molecule is Cn1nnnc1SCC(=O)Nc1ccc(C(=O)NCCNC(=O)c2ccco2)cc1. The molecule has 0 aliphatic carbocycles. The average Bonchev–Trinajstić information content (AvgIpc) is 3.42. The van der Waals surface area contributed by atoms with E-state index in [-0.39, 0.29) is 42.3 Å². The van der Waals surface area contributed by atoms with Crippen LogP contribution in [0.15, 0.2) is 52.2 Å². The van der Waals surface area contributed by atoms with E-state index in [0.29, 0.717) is 16.4 Å². The molecule has 11 nitrogen and oxygen atoms in total. The molecule has 0 saturated carbocycles. The van der Waals surface area contributed by atoms with E-state index in [0.717, 1.165) is 0 Å². The van der Waals surface area contributed by atoms with Crippen LogP contribution in [-0.4, -0.2) is 56.8 Å². The number of tetrazole rings is 1. The lowest BCUT2D eigenvalue weighted by atomic mass is 10.2. The van der Waals surface area contributed by atoms with Crippen LogP contribution in [0.3, 0.4) is 0 Å². The standard InChI is InChI=1S/C18H19N7O4S/c1-25-18(22-23-24-25)30-11-15(26)21-13-6-4-12(5-7-13)16(27)19-8-9-20-17(28)14-3-2-10-29-14/h2-7,10H,8-9,11H2,1H3,(H,19,27)(H,20,28)(H,21,26). The van der Waals surface area contributed by atoms with E-state index in [1.54, 1.807) is 43.4 Å². The van der Waals surface area contributed by atoms with E-state index in [1.165, 1.54) is 22.7 Å². The van der Waals surface area contributed by atoms with Crippen molar-refractivity contribution in [2.75, 3.05) is 24.2 Å². The van der Waals surface area contributed by atoms with Gasteiger partial charge in [-0.3, -0.25) is 14.4 Å². The minimum absolute atomic E-state index is 0.153. The first-order chi connectivity index (χ1) is 14.5. The zero-order valence-corrected chi connectivity index (χ0v) is 16.8. The summed E-state index contributed by atoms with van der Waals surface area (Å²) in [5.74, 6) is -0.480. The van der Waals surface area contributed by atoms with E-state index in [4.69, 9.17) is 4.42 Å². The monoisotopic (exact) mass is 429 g/mol. The van der Waals surface area contributed by atoms with Gasteiger partial charge in [-0.25, -0.2) is 4.68 Å². The molecule has 3 aromatic rings. The van der Waals surface area contributed by atoms with Gasteiger partial charge in [-0.2, -0.15) is 0 Å². The molecule has 1 aromatic carbocycles. The van der Waals surface area contributed by atoms with Gasteiger partial charge in [0, 0.05) is 31.4 Å². The van der Waals surface area contributed by atoms with E-state index in [1.807, 2.05) is 0 Å². The molecule has 0 bridgehead atoms. The third-order valence-electron chi connectivity index (χ3n) is 3.79. The Morgan fingerprint density at radius 1 is 1.07 bits per heavy atom. The third-order valence-corrected chi connectivity index (χ3v) is 4.80. The quantitative estimate of drug-likeness (QED) is 0.333. The molecule has 156 valence electrons. The minimum atomic E-state index is -0.344. The molecule has 0 aliphatic rings. The second-order valence-corrected chi connectivity index (χ2v) is 6.93. The Morgan fingerprint density at radius 2 is 1.80 bits per heavy atom. The summed E-state index contributed by atoms with van der Waals surface area (Å²) < 4.78 is 6.46. The van der Waals surface area contributed by atoms with E-state index in [9.17, 15) is 14.4 Å². The molecule has 12 heteroatoms. The number of hydrogen-bond acceptors (Lipinski definition) is 8. The zero-order valence-electron chi connectivity index (χ0n) is 16.0. The summed E-state index contributed by atoms with van der Waals surface area (Å²) in [5, 5.41) is 19.6. The van der Waals surface area contributed by atoms with Gasteiger partial charge in [0.05, 0.1) is 12.0 Å². The van der Waals surface area contributed by atoms with Gasteiger partial charge in [0.2, 0.25) is 11.1 Å². The van der Waals surface area contributed by atoms with Gasteiger partial charge in [-0.05, 0) is 46.8 Å². The Morgan fingerprint density at radius 3 is 2.43 bits per heavy atom. The normalized spacial score (nSPS) is 10.4. The first-order valence-electron chi connectivity index (χ1n) is 8.88. The van der Waals surface area contributed by atoms with Crippen molar-refractivity contribution in [1.29, 1.82) is 0 Å². The lowest BCUT2D eigenvalue weighted by Crippen LogP contribution is -2.34. The predicted octanol–water partition coefficient (Wildman–Crippen LogP) is 0.694. The number of rotatable bonds is 9. The van der Waals surface area contributed by atoms with Gasteiger partial charge >= 0.3 is 0 Å². The summed E-state index contributed by atoms with van der Waals surface area (Å²) in [6.07, 6.45) is 1.41. The van der Waals surface area contributed by atoms with E-state index >= 15 is 0 Å². The first kappa shape index (κ1) is 21.0. The molecule has 3 amide bonds. The molecule has 0 radical (unpaired) electrons. The van der Waals surface area contributed by atoms with Crippen molar-refractivity contribution in [2.24, 2.45) is 7.05 Å². The molecule has 0 saturated heterocycles. The maximum Gasteiger partial charge on any atom is 0.287 e. The van der Waals surface area contributed by atoms with Crippen LogP contribution in [-0.2, 0) is 11.8 Å². The van der Waals surface area contributed by atoms with Crippen molar-refractivity contribution in [2.45, 2.75) is 5.16 Å². The van der Waals surface area contributed by atoms with Crippen molar-refractivity contribution in [1.82, 2.24) is 30.8 Å². The van der Waals surface area contributed by atoms with Gasteiger partial charge < -0.3 is 20.4 Å². The number of nitrogens with one attached hydrogen (secondary N) is 3. The summed E-state index contributed by atoms with van der Waals surface area (Å²) in [4.78, 5) is 35.9. The number of amides is 3. The fourth-order valence-corrected chi connectivity index (χ4v) is 2.97. The van der Waals surface area contributed by atoms with Crippen LogP contribution in [0.25, 0.3) is 0 Å². The number of thioether (sulfide) groups is 1. The Balaban J connectivity index is 1.38. The van der Waals surface area contributed by atoms with Crippen LogP contribution in [0, 0.1) is 0 Å². The number of anilines is 1. The third kappa shape index (κ3) is 5.91. The number of carbonyl (C=O) groups is 3. The van der Waals surface area contributed by atoms with Crippen LogP contribution in [0.4, 0.5) is 5.69 Å². The number of aryl methyl sites for hydroxylation is 1. The van der Waals surface area contributed by atoms with Crippen LogP contribution in [0.2, 0.25) is 0 Å². The summed E-state index contributed by atoms with van der Waals surface area (Å²) >= 11 is 1.22. The fraction of sp³-hybridized carbons (Fsp3) is 0.222. The first-order valence-corrected chi connectivity index (χ1v) is 9.86. The topological polar surface area (TPSA) is 144 Å². The molecule has 0 aliphatic heterocycles. The molecule has 3 rings (SSSR count). The number of hydrogen-bond donors (Lipinski definition) is 3. The minimum Gasteiger partial charge on any atom is -0.459 e. The maximum atomic E-state index is 12.2. The number of aromatic nitrogens is 4. The van der Waals surface area contributed by atoms with E-state index < -0.39 is 0 Å². The summed E-state index contributed by atoms with van der Waals surface area (Å²) in [6, 6.07) is 9.66. The predicted molar refractivity (Wildman–Crippen MR) is 108 cm³/mol. The number of carbonyl (C=O) groups excluding carboxylic acids is 3. The summed E-state index contributed by atoms with van der Waals surface area (Å²) in [5.41, 5.74) is 1.00. The van der Waals surface area contributed by atoms with Crippen LogP contribution in [0.5, 0.6) is 0 Å². The Bertz CT molecular complexity index is 1000. The number of furan rings is 1. The van der Waals surface area contributed by atoms with Gasteiger partial charge in [0.25, 0.3) is 11.8 Å². The van der Waals surface area contributed by atoms with Gasteiger partial charge in [0.1, 0.15) is 0 Å². The van der Waals surface area contributed by atoms with Crippen LogP contribution >= 0.6 is 11.8 Å². The highest BCUT2D eigenvalue weighted by Gasteiger charge is 2.10. The molecular formula is C18H19N7O4S. The lowest BCUT2D eigenvalue weighted by Gasteiger charge is -2.08. The molecule has 0 atom stereocenters. The smallest absolute Gasteiger partial charge is 0.287 e. The fourth-order valence-electron chi connectivity index (χ4n) is 2.32. The van der Waals surface area contributed by atoms with Gasteiger partial charge in [-0.1, -0.05) is 11.8 Å². The Kier molecular flexibility index (Phi) is 7.16. The summed E-state index contributed by atoms with van der Waals surface area (Å²) in [7, 11) is 1.69. The molecule has 0 unspecified atom stereocenters. The molecule has 0 fully saturated rings. The molecule has 3 N–H and O–H groups in total. The van der Waals surface area contributed by atoms with Crippen LogP contribution in [0.1, 0.15) is 20.9 Å². The second-order valence-electron chi connectivity index (χ2n) is 5.99.